The second kappa shape index (κ2) is 7.09. The Morgan fingerprint density at radius 1 is 1.12 bits per heavy atom. The van der Waals surface area contributed by atoms with Crippen LogP contribution in [0.3, 0.4) is 0 Å². The predicted molar refractivity (Wildman–Crippen MR) is 99.4 cm³/mol. The molecule has 0 atom stereocenters. The van der Waals surface area contributed by atoms with Crippen molar-refractivity contribution in [1.29, 1.82) is 0 Å². The first-order valence-electron chi connectivity index (χ1n) is 9.57. The average molecular weight is 357 g/mol. The number of hydrogen-bond acceptors (Lipinski definition) is 5. The Kier molecular flexibility index (Phi) is 4.65. The number of carbonyl (C=O) groups is 1. The Morgan fingerprint density at radius 2 is 1.85 bits per heavy atom. The van der Waals surface area contributed by atoms with E-state index in [-0.39, 0.29) is 11.9 Å². The predicted octanol–water partition coefficient (Wildman–Crippen LogP) is 2.02. The van der Waals surface area contributed by atoms with Crippen LogP contribution in [-0.4, -0.2) is 64.0 Å². The van der Waals surface area contributed by atoms with Gasteiger partial charge in [-0.2, -0.15) is 4.52 Å². The van der Waals surface area contributed by atoms with Crippen molar-refractivity contribution >= 4 is 17.5 Å². The van der Waals surface area contributed by atoms with Gasteiger partial charge in [-0.1, -0.05) is 12.8 Å². The lowest BCUT2D eigenvalue weighted by molar-refractivity contribution is 0.176. The zero-order valence-corrected chi connectivity index (χ0v) is 15.6. The number of piperidine rings is 1. The van der Waals surface area contributed by atoms with Crippen LogP contribution in [0.1, 0.15) is 50.3 Å². The number of hydrogen-bond donors (Lipinski definition) is 1. The number of nitrogens with one attached hydrogen (secondary N) is 1. The molecule has 1 saturated carbocycles. The summed E-state index contributed by atoms with van der Waals surface area (Å²) in [4.78, 5) is 16.4. The van der Waals surface area contributed by atoms with Gasteiger partial charge in [-0.05, 0) is 37.8 Å². The second-order valence-electron chi connectivity index (χ2n) is 7.61. The first-order chi connectivity index (χ1) is 12.6. The maximum Gasteiger partial charge on any atom is 0.317 e. The molecule has 4 rings (SSSR count). The molecule has 1 saturated heterocycles. The van der Waals surface area contributed by atoms with E-state index in [0.29, 0.717) is 6.04 Å². The zero-order valence-electron chi connectivity index (χ0n) is 15.6. The molecule has 0 spiro atoms. The van der Waals surface area contributed by atoms with Crippen LogP contribution in [0.4, 0.5) is 10.6 Å². The first kappa shape index (κ1) is 17.1. The second-order valence-corrected chi connectivity index (χ2v) is 7.61. The highest BCUT2D eigenvalue weighted by atomic mass is 16.2. The van der Waals surface area contributed by atoms with E-state index in [4.69, 9.17) is 0 Å². The number of likely N-dealkylation sites (tertiary alicyclic amines) is 1. The molecule has 8 heteroatoms. The number of rotatable bonds is 3. The smallest absolute Gasteiger partial charge is 0.317 e. The average Bonchev–Trinajstić information content (AvgIpc) is 3.30. The molecular formula is C18H27N7O. The number of aromatic nitrogens is 4. The summed E-state index contributed by atoms with van der Waals surface area (Å²) in [5, 5.41) is 16.5. The molecule has 2 aliphatic rings. The summed E-state index contributed by atoms with van der Waals surface area (Å²) in [7, 11) is 3.94. The van der Waals surface area contributed by atoms with Crippen LogP contribution in [0.15, 0.2) is 12.1 Å². The quantitative estimate of drug-likeness (QED) is 0.909. The maximum absolute atomic E-state index is 12.4. The van der Waals surface area contributed by atoms with Crippen LogP contribution in [0.2, 0.25) is 0 Å². The minimum absolute atomic E-state index is 0.0921. The third-order valence-electron chi connectivity index (χ3n) is 5.56. The fourth-order valence-electron chi connectivity index (χ4n) is 3.97. The van der Waals surface area contributed by atoms with Gasteiger partial charge in [0.1, 0.15) is 5.82 Å². The molecule has 2 aromatic heterocycles. The van der Waals surface area contributed by atoms with Crippen LogP contribution in [-0.2, 0) is 0 Å². The summed E-state index contributed by atoms with van der Waals surface area (Å²) in [6, 6.07) is 4.36. The number of fused-ring (bicyclic) bond motifs is 1. The van der Waals surface area contributed by atoms with Crippen molar-refractivity contribution in [2.75, 3.05) is 32.1 Å². The monoisotopic (exact) mass is 357 g/mol. The Balaban J connectivity index is 1.42. The molecular weight excluding hydrogens is 330 g/mol. The Bertz CT molecular complexity index is 773. The molecule has 0 unspecified atom stereocenters. The topological polar surface area (TPSA) is 78.7 Å². The van der Waals surface area contributed by atoms with Crippen molar-refractivity contribution in [3.8, 4) is 0 Å². The standard InChI is InChI=1S/C18H27N7O/c1-23(2)16-8-7-15-20-21-17(25(15)22-16)13-9-11-24(12-10-13)18(26)19-14-5-3-4-6-14/h7-8,13-14H,3-6,9-12H2,1-2H3,(H,19,26). The summed E-state index contributed by atoms with van der Waals surface area (Å²) >= 11 is 0. The van der Waals surface area contributed by atoms with Crippen molar-refractivity contribution in [2.45, 2.75) is 50.5 Å². The molecule has 0 aromatic carbocycles. The van der Waals surface area contributed by atoms with Gasteiger partial charge in [-0.15, -0.1) is 15.3 Å². The summed E-state index contributed by atoms with van der Waals surface area (Å²) in [6.45, 7) is 1.51. The minimum atomic E-state index is 0.0921. The van der Waals surface area contributed by atoms with Gasteiger partial charge >= 0.3 is 6.03 Å². The number of nitrogens with zero attached hydrogens (tertiary/aromatic N) is 6. The van der Waals surface area contributed by atoms with Crippen LogP contribution in [0, 0.1) is 0 Å². The molecule has 0 radical (unpaired) electrons. The lowest BCUT2D eigenvalue weighted by atomic mass is 9.96. The fraction of sp³-hybridized carbons (Fsp3) is 0.667. The number of carbonyl (C=O) groups excluding carboxylic acids is 1. The Morgan fingerprint density at radius 3 is 2.54 bits per heavy atom. The van der Waals surface area contributed by atoms with Gasteiger partial charge < -0.3 is 15.1 Å². The molecule has 2 amide bonds. The van der Waals surface area contributed by atoms with Gasteiger partial charge in [0.05, 0.1) is 0 Å². The van der Waals surface area contributed by atoms with Gasteiger partial charge in [0.25, 0.3) is 0 Å². The summed E-state index contributed by atoms with van der Waals surface area (Å²) < 4.78 is 1.86. The molecule has 1 aliphatic carbocycles. The molecule has 1 N–H and O–H groups in total. The van der Waals surface area contributed by atoms with Gasteiger partial charge in [0, 0.05) is 39.1 Å². The van der Waals surface area contributed by atoms with Gasteiger partial charge in [0.2, 0.25) is 0 Å². The van der Waals surface area contributed by atoms with Crippen LogP contribution < -0.4 is 10.2 Å². The van der Waals surface area contributed by atoms with Crippen molar-refractivity contribution in [2.24, 2.45) is 0 Å². The highest BCUT2D eigenvalue weighted by Crippen LogP contribution is 2.27. The van der Waals surface area contributed by atoms with E-state index in [1.165, 1.54) is 12.8 Å². The summed E-state index contributed by atoms with van der Waals surface area (Å²) in [5.74, 6) is 2.07. The number of amides is 2. The third kappa shape index (κ3) is 3.32. The SMILES string of the molecule is CN(C)c1ccc2nnc(C3CCN(C(=O)NC4CCCC4)CC3)n2n1. The normalized spacial score (nSPS) is 19.2. The van der Waals surface area contributed by atoms with E-state index < -0.39 is 0 Å². The van der Waals surface area contributed by atoms with Crippen LogP contribution >= 0.6 is 0 Å². The molecule has 3 heterocycles. The lowest BCUT2D eigenvalue weighted by Crippen LogP contribution is -2.47. The van der Waals surface area contributed by atoms with Crippen molar-refractivity contribution in [3.63, 3.8) is 0 Å². The first-order valence-corrected chi connectivity index (χ1v) is 9.57. The molecule has 2 fully saturated rings. The van der Waals surface area contributed by atoms with E-state index in [2.05, 4.69) is 20.6 Å². The lowest BCUT2D eigenvalue weighted by Gasteiger charge is -2.32. The molecule has 140 valence electrons. The van der Waals surface area contributed by atoms with Crippen molar-refractivity contribution < 1.29 is 4.79 Å². The number of anilines is 1. The van der Waals surface area contributed by atoms with E-state index >= 15 is 0 Å². The van der Waals surface area contributed by atoms with E-state index in [9.17, 15) is 4.79 Å². The summed E-state index contributed by atoms with van der Waals surface area (Å²) in [6.07, 6.45) is 6.49. The molecule has 8 nitrogen and oxygen atoms in total. The maximum atomic E-state index is 12.4. The van der Waals surface area contributed by atoms with Gasteiger partial charge in [-0.25, -0.2) is 4.79 Å². The fourth-order valence-corrected chi connectivity index (χ4v) is 3.97. The summed E-state index contributed by atoms with van der Waals surface area (Å²) in [5.41, 5.74) is 0.770. The van der Waals surface area contributed by atoms with Gasteiger partial charge in [-0.3, -0.25) is 0 Å². The molecule has 2 aromatic rings. The molecule has 0 bridgehead atoms. The van der Waals surface area contributed by atoms with Crippen LogP contribution in [0.25, 0.3) is 5.65 Å². The highest BCUT2D eigenvalue weighted by molar-refractivity contribution is 5.74. The van der Waals surface area contributed by atoms with Crippen LogP contribution in [0.5, 0.6) is 0 Å². The number of urea groups is 1. The highest BCUT2D eigenvalue weighted by Gasteiger charge is 2.28. The Hall–Kier alpha value is -2.38. The molecule has 26 heavy (non-hydrogen) atoms. The molecule has 1 aliphatic heterocycles. The van der Waals surface area contributed by atoms with E-state index in [1.54, 1.807) is 0 Å². The van der Waals surface area contributed by atoms with Crippen molar-refractivity contribution in [3.05, 3.63) is 18.0 Å². The zero-order chi connectivity index (χ0) is 18.1. The minimum Gasteiger partial charge on any atom is -0.361 e. The third-order valence-corrected chi connectivity index (χ3v) is 5.56. The van der Waals surface area contributed by atoms with Gasteiger partial charge in [0.15, 0.2) is 11.5 Å². The largest absolute Gasteiger partial charge is 0.361 e. The Labute approximate surface area is 153 Å². The van der Waals surface area contributed by atoms with Crippen molar-refractivity contribution in [1.82, 2.24) is 30.0 Å². The van der Waals surface area contributed by atoms with E-state index in [0.717, 1.165) is 56.1 Å². The van der Waals surface area contributed by atoms with E-state index in [1.807, 2.05) is 40.5 Å².